The van der Waals surface area contributed by atoms with E-state index >= 15 is 0 Å². The van der Waals surface area contributed by atoms with E-state index in [-0.39, 0.29) is 48.3 Å². The molecule has 0 fully saturated rings. The van der Waals surface area contributed by atoms with E-state index < -0.39 is 23.3 Å². The largest absolute Gasteiger partial charge is 0.504 e. The van der Waals surface area contributed by atoms with Gasteiger partial charge in [0, 0.05) is 23.3 Å². The Morgan fingerprint density at radius 1 is 0.479 bits per heavy atom. The van der Waals surface area contributed by atoms with Crippen molar-refractivity contribution in [3.05, 3.63) is 143 Å². The van der Waals surface area contributed by atoms with Gasteiger partial charge in [-0.1, -0.05) is 109 Å². The van der Waals surface area contributed by atoms with E-state index in [9.17, 15) is 29.4 Å². The number of carboxylic acids is 3. The SMILES string of the molecule is C.CC(C)=CC(=O)O.COc1ccc(C(C)(C)CC(=O)O)cc1C.COc1ccc(C(C)(C)CC(=O)O)cc1O.COc1ccc(C(C)(C)CC=O)cc1O.COc1ccccc1C.COc1ccccc1O. The zero-order valence-electron chi connectivity index (χ0n) is 44.4. The molecule has 0 saturated carbocycles. The van der Waals surface area contributed by atoms with Crippen molar-refractivity contribution < 1.29 is 73.5 Å². The molecule has 5 aromatic carbocycles. The number of allylic oxidation sites excluding steroid dienone is 1. The first-order valence-electron chi connectivity index (χ1n) is 22.6. The number of hydrogen-bond acceptors (Lipinski definition) is 12. The minimum atomic E-state index is -0.875. The summed E-state index contributed by atoms with van der Waals surface area (Å²) in [6, 6.07) is 30.7. The van der Waals surface area contributed by atoms with Gasteiger partial charge in [-0.05, 0) is 109 Å². The van der Waals surface area contributed by atoms with Gasteiger partial charge in [0.25, 0.3) is 0 Å². The molecule has 0 spiro atoms. The maximum absolute atomic E-state index is 10.8. The molecule has 0 aliphatic carbocycles. The Bertz CT molecular complexity index is 2380. The van der Waals surface area contributed by atoms with Gasteiger partial charge in [0.1, 0.15) is 17.8 Å². The number of aromatic hydroxyl groups is 3. The van der Waals surface area contributed by atoms with Crippen LogP contribution in [-0.4, -0.2) is 90.4 Å². The molecule has 0 heterocycles. The molecule has 0 atom stereocenters. The molecule has 15 heteroatoms. The van der Waals surface area contributed by atoms with Gasteiger partial charge in [0.05, 0.1) is 48.4 Å². The lowest BCUT2D eigenvalue weighted by atomic mass is 9.81. The Morgan fingerprint density at radius 3 is 1.11 bits per heavy atom. The second-order valence-corrected chi connectivity index (χ2v) is 18.3. The van der Waals surface area contributed by atoms with Crippen LogP contribution in [0.25, 0.3) is 0 Å². The molecular weight excluding hydrogens is 937 g/mol. The van der Waals surface area contributed by atoms with Crippen LogP contribution in [0.3, 0.4) is 0 Å². The minimum Gasteiger partial charge on any atom is -0.504 e. The number of carbonyl (C=O) groups excluding carboxylic acids is 1. The second kappa shape index (κ2) is 33.1. The third-order valence-corrected chi connectivity index (χ3v) is 10.7. The van der Waals surface area contributed by atoms with E-state index in [1.807, 2.05) is 104 Å². The average Bonchev–Trinajstić information content (AvgIpc) is 3.29. The van der Waals surface area contributed by atoms with Crippen molar-refractivity contribution in [2.75, 3.05) is 35.5 Å². The Balaban J connectivity index is 0. The van der Waals surface area contributed by atoms with Gasteiger partial charge in [-0.2, -0.15) is 0 Å². The fourth-order valence-corrected chi connectivity index (χ4v) is 6.47. The van der Waals surface area contributed by atoms with Crippen LogP contribution in [0.1, 0.15) is 110 Å². The summed E-state index contributed by atoms with van der Waals surface area (Å²) in [5.74, 6) is 0.923. The van der Waals surface area contributed by atoms with Gasteiger partial charge >= 0.3 is 17.9 Å². The molecule has 0 unspecified atom stereocenters. The van der Waals surface area contributed by atoms with Gasteiger partial charge in [0.15, 0.2) is 34.5 Å². The molecule has 6 N–H and O–H groups in total. The van der Waals surface area contributed by atoms with Gasteiger partial charge in [-0.15, -0.1) is 0 Å². The molecule has 5 aromatic rings. The molecule has 73 heavy (non-hydrogen) atoms. The van der Waals surface area contributed by atoms with Crippen molar-refractivity contribution in [1.29, 1.82) is 0 Å². The summed E-state index contributed by atoms with van der Waals surface area (Å²) in [5, 5.41) is 53.9. The first-order valence-corrected chi connectivity index (χ1v) is 22.6. The number of rotatable bonds is 15. The Hall–Kier alpha value is -7.68. The van der Waals surface area contributed by atoms with Crippen LogP contribution in [0.5, 0.6) is 46.0 Å². The zero-order valence-corrected chi connectivity index (χ0v) is 44.4. The molecule has 0 aliphatic rings. The number of benzene rings is 5. The number of aldehydes is 1. The average molecular weight is 1020 g/mol. The van der Waals surface area contributed by atoms with Gasteiger partial charge in [-0.25, -0.2) is 4.79 Å². The van der Waals surface area contributed by atoms with E-state index in [2.05, 4.69) is 0 Å². The first kappa shape index (κ1) is 67.4. The molecule has 0 radical (unpaired) electrons. The predicted molar refractivity (Wildman–Crippen MR) is 288 cm³/mol. The van der Waals surface area contributed by atoms with Crippen LogP contribution in [0.15, 0.2) is 115 Å². The highest BCUT2D eigenvalue weighted by molar-refractivity contribution is 5.80. The van der Waals surface area contributed by atoms with Crippen LogP contribution in [0.4, 0.5) is 0 Å². The smallest absolute Gasteiger partial charge is 0.328 e. The quantitative estimate of drug-likeness (QED) is 0.0422. The number of phenolic OH excluding ortho intramolecular Hbond substituents is 3. The van der Waals surface area contributed by atoms with Gasteiger partial charge in [-0.3, -0.25) is 9.59 Å². The lowest BCUT2D eigenvalue weighted by Crippen LogP contribution is -2.21. The van der Waals surface area contributed by atoms with Crippen molar-refractivity contribution in [3.63, 3.8) is 0 Å². The highest BCUT2D eigenvalue weighted by Gasteiger charge is 2.26. The highest BCUT2D eigenvalue weighted by Crippen LogP contribution is 2.35. The van der Waals surface area contributed by atoms with Crippen LogP contribution < -0.4 is 23.7 Å². The van der Waals surface area contributed by atoms with Crippen molar-refractivity contribution in [2.45, 2.75) is 112 Å². The number of para-hydroxylation sites is 3. The molecule has 0 saturated heterocycles. The number of aryl methyl sites for hydroxylation is 2. The molecular formula is C58H80O15. The van der Waals surface area contributed by atoms with Crippen LogP contribution in [-0.2, 0) is 35.4 Å². The number of carbonyl (C=O) groups is 4. The van der Waals surface area contributed by atoms with Crippen molar-refractivity contribution >= 4 is 24.2 Å². The molecule has 0 aliphatic heterocycles. The van der Waals surface area contributed by atoms with Crippen LogP contribution in [0, 0.1) is 13.8 Å². The number of hydrogen-bond donors (Lipinski definition) is 6. The summed E-state index contributed by atoms with van der Waals surface area (Å²) >= 11 is 0. The molecule has 0 aromatic heterocycles. The lowest BCUT2D eigenvalue weighted by molar-refractivity contribution is -0.139. The zero-order chi connectivity index (χ0) is 55.4. The Kier molecular flexibility index (Phi) is 30.5. The summed E-state index contributed by atoms with van der Waals surface area (Å²) in [6.07, 6.45) is 2.62. The maximum atomic E-state index is 10.8. The van der Waals surface area contributed by atoms with Gasteiger partial charge in [0.2, 0.25) is 0 Å². The summed E-state index contributed by atoms with van der Waals surface area (Å²) in [4.78, 5) is 41.7. The van der Waals surface area contributed by atoms with Crippen LogP contribution in [0.2, 0.25) is 0 Å². The van der Waals surface area contributed by atoms with E-state index in [4.69, 9.17) is 44.1 Å². The Labute approximate surface area is 432 Å². The maximum Gasteiger partial charge on any atom is 0.328 e. The van der Waals surface area contributed by atoms with Gasteiger partial charge < -0.3 is 59.1 Å². The molecule has 0 bridgehead atoms. The molecule has 402 valence electrons. The first-order chi connectivity index (χ1) is 33.5. The normalized spacial score (nSPS) is 10.2. The predicted octanol–water partition coefficient (Wildman–Crippen LogP) is 12.3. The Morgan fingerprint density at radius 2 is 0.822 bits per heavy atom. The highest BCUT2D eigenvalue weighted by atomic mass is 16.5. The van der Waals surface area contributed by atoms with E-state index in [0.29, 0.717) is 23.7 Å². The van der Waals surface area contributed by atoms with Crippen molar-refractivity contribution in [3.8, 4) is 46.0 Å². The third kappa shape index (κ3) is 25.3. The number of aliphatic carboxylic acids is 3. The summed E-state index contributed by atoms with van der Waals surface area (Å²) in [5.41, 5.74) is 4.60. The standard InChI is InChI=1S/C13H18O3.C12H16O4.C12H16O3.C8H10O.C7H8O2.C5H8O2.CH4/c1-9-7-10(5-6-11(9)16-4)13(2,3)8-12(14)15;1-12(2,7-11(14)15)8-4-5-10(16-3)9(13)6-8;1-12(2,6-7-13)9-4-5-11(15-3)10(14)8-9;1-7-5-3-4-6-8(7)9-2;1-9-7-5-3-2-4-6(7)8;1-4(2)3-5(6)7;/h5-7H,8H2,1-4H3,(H,14,15);4-6,13H,7H2,1-3H3,(H,14,15);4-5,7-8,14H,6H2,1-3H3;3-6H,1-2H3;2-5,8H,1H3;3H,1-2H3,(H,6,7);1H4. The van der Waals surface area contributed by atoms with E-state index in [0.717, 1.165) is 45.6 Å². The topological polar surface area (TPSA) is 236 Å². The molecule has 15 nitrogen and oxygen atoms in total. The molecule has 0 amide bonds. The number of phenols is 3. The fraction of sp³-hybridized carbons (Fsp3) is 0.379. The second-order valence-electron chi connectivity index (χ2n) is 18.3. The monoisotopic (exact) mass is 1020 g/mol. The summed E-state index contributed by atoms with van der Waals surface area (Å²) in [6.45, 7) is 18.9. The third-order valence-electron chi connectivity index (χ3n) is 10.7. The lowest BCUT2D eigenvalue weighted by Gasteiger charge is -2.24. The summed E-state index contributed by atoms with van der Waals surface area (Å²) in [7, 11) is 7.81. The molecule has 5 rings (SSSR count). The fourth-order valence-electron chi connectivity index (χ4n) is 6.47. The number of ether oxygens (including phenoxy) is 5. The van der Waals surface area contributed by atoms with E-state index in [1.54, 1.807) is 82.7 Å². The minimum absolute atomic E-state index is 0. The van der Waals surface area contributed by atoms with Crippen LogP contribution >= 0.6 is 0 Å². The van der Waals surface area contributed by atoms with Crippen molar-refractivity contribution in [1.82, 2.24) is 0 Å². The number of carboxylic acid groups (broad SMARTS) is 3. The summed E-state index contributed by atoms with van der Waals surface area (Å²) < 4.78 is 24.9. The van der Waals surface area contributed by atoms with Crippen molar-refractivity contribution in [2.24, 2.45) is 0 Å². The number of methoxy groups -OCH3 is 5. The van der Waals surface area contributed by atoms with E-state index in [1.165, 1.54) is 33.0 Å².